The second-order valence-electron chi connectivity index (χ2n) is 4.91. The van der Waals surface area contributed by atoms with E-state index in [1.54, 1.807) is 0 Å². The predicted molar refractivity (Wildman–Crippen MR) is 76.8 cm³/mol. The lowest BCUT2D eigenvalue weighted by atomic mass is 10.1. The number of nitrogens with one attached hydrogen (secondary N) is 1. The Labute approximate surface area is 110 Å². The number of thiazole rings is 1. The van der Waals surface area contributed by atoms with Crippen LogP contribution >= 0.6 is 11.3 Å². The van der Waals surface area contributed by atoms with Crippen molar-refractivity contribution in [2.75, 3.05) is 6.54 Å². The van der Waals surface area contributed by atoms with Crippen molar-refractivity contribution in [2.45, 2.75) is 65.3 Å². The summed E-state index contributed by atoms with van der Waals surface area (Å²) in [5.74, 6) is 0.540. The number of nitrogens with zero attached hydrogens (tertiary/aromatic N) is 1. The Morgan fingerprint density at radius 3 is 2.59 bits per heavy atom. The summed E-state index contributed by atoms with van der Waals surface area (Å²) in [4.78, 5) is 4.77. The first-order valence-corrected chi connectivity index (χ1v) is 7.75. The van der Waals surface area contributed by atoms with Crippen LogP contribution in [0.15, 0.2) is 5.38 Å². The van der Waals surface area contributed by atoms with E-state index in [9.17, 15) is 0 Å². The van der Waals surface area contributed by atoms with E-state index in [0.717, 1.165) is 6.54 Å². The second kappa shape index (κ2) is 7.83. The zero-order chi connectivity index (χ0) is 12.7. The van der Waals surface area contributed by atoms with Crippen LogP contribution in [0.1, 0.15) is 76.0 Å². The smallest absolute Gasteiger partial charge is 0.110 e. The minimum absolute atomic E-state index is 0.465. The zero-order valence-corrected chi connectivity index (χ0v) is 12.4. The molecule has 1 aromatic heterocycles. The summed E-state index contributed by atoms with van der Waals surface area (Å²) in [7, 11) is 0. The molecule has 0 aliphatic heterocycles. The van der Waals surface area contributed by atoms with Crippen LogP contribution in [0.25, 0.3) is 0 Å². The number of rotatable bonds is 8. The largest absolute Gasteiger partial charge is 0.308 e. The molecular weight excluding hydrogens is 228 g/mol. The minimum atomic E-state index is 0.465. The normalized spacial score (nSPS) is 13.2. The van der Waals surface area contributed by atoms with E-state index in [-0.39, 0.29) is 0 Å². The highest BCUT2D eigenvalue weighted by molar-refractivity contribution is 7.09. The van der Waals surface area contributed by atoms with Crippen LogP contribution in [0.4, 0.5) is 0 Å². The Hall–Kier alpha value is -0.410. The maximum Gasteiger partial charge on any atom is 0.110 e. The summed E-state index contributed by atoms with van der Waals surface area (Å²) >= 11 is 1.81. The fourth-order valence-electron chi connectivity index (χ4n) is 1.77. The van der Waals surface area contributed by atoms with Crippen LogP contribution in [-0.4, -0.2) is 11.5 Å². The summed E-state index contributed by atoms with van der Waals surface area (Å²) in [6.07, 6.45) is 4.93. The topological polar surface area (TPSA) is 24.9 Å². The van der Waals surface area contributed by atoms with E-state index in [4.69, 9.17) is 4.98 Å². The van der Waals surface area contributed by atoms with Crippen LogP contribution in [0.3, 0.4) is 0 Å². The third kappa shape index (κ3) is 4.76. The van der Waals surface area contributed by atoms with E-state index < -0.39 is 0 Å². The average molecular weight is 254 g/mol. The van der Waals surface area contributed by atoms with Gasteiger partial charge in [0, 0.05) is 5.38 Å². The van der Waals surface area contributed by atoms with E-state index >= 15 is 0 Å². The van der Waals surface area contributed by atoms with Crippen molar-refractivity contribution in [3.05, 3.63) is 16.1 Å². The third-order valence-electron chi connectivity index (χ3n) is 2.92. The molecule has 17 heavy (non-hydrogen) atoms. The van der Waals surface area contributed by atoms with Crippen LogP contribution in [0, 0.1) is 0 Å². The molecule has 2 nitrogen and oxygen atoms in total. The van der Waals surface area contributed by atoms with Gasteiger partial charge in [-0.25, -0.2) is 4.98 Å². The molecule has 0 fully saturated rings. The van der Waals surface area contributed by atoms with Crippen molar-refractivity contribution >= 4 is 11.3 Å². The summed E-state index contributed by atoms with van der Waals surface area (Å²) < 4.78 is 0. The van der Waals surface area contributed by atoms with Gasteiger partial charge in [-0.15, -0.1) is 11.3 Å². The molecule has 0 aliphatic rings. The molecule has 1 aromatic rings. The van der Waals surface area contributed by atoms with E-state index in [1.807, 2.05) is 11.3 Å². The molecule has 1 rings (SSSR count). The Kier molecular flexibility index (Phi) is 6.75. The summed E-state index contributed by atoms with van der Waals surface area (Å²) in [5.41, 5.74) is 1.24. The van der Waals surface area contributed by atoms with Crippen LogP contribution < -0.4 is 5.32 Å². The lowest BCUT2D eigenvalue weighted by Gasteiger charge is -2.15. The fraction of sp³-hybridized carbons (Fsp3) is 0.786. The molecule has 0 spiro atoms. The fourth-order valence-corrected chi connectivity index (χ4v) is 2.86. The standard InChI is InChI=1S/C14H26N2S/c1-5-7-8-12(15-9-6-2)14-16-13(10-17-14)11(3)4/h10-12,15H,5-9H2,1-4H3. The molecule has 0 radical (unpaired) electrons. The van der Waals surface area contributed by atoms with Crippen molar-refractivity contribution in [1.29, 1.82) is 0 Å². The summed E-state index contributed by atoms with van der Waals surface area (Å²) in [6.45, 7) is 9.97. The molecule has 1 heterocycles. The minimum Gasteiger partial charge on any atom is -0.308 e. The van der Waals surface area contributed by atoms with Crippen molar-refractivity contribution < 1.29 is 0 Å². The first-order chi connectivity index (χ1) is 8.19. The van der Waals surface area contributed by atoms with Crippen molar-refractivity contribution in [2.24, 2.45) is 0 Å². The molecule has 0 aromatic carbocycles. The Morgan fingerprint density at radius 2 is 2.06 bits per heavy atom. The van der Waals surface area contributed by atoms with Gasteiger partial charge in [0.2, 0.25) is 0 Å². The number of hydrogen-bond donors (Lipinski definition) is 1. The predicted octanol–water partition coefficient (Wildman–Crippen LogP) is 4.50. The zero-order valence-electron chi connectivity index (χ0n) is 11.6. The molecule has 98 valence electrons. The van der Waals surface area contributed by atoms with Gasteiger partial charge in [0.05, 0.1) is 11.7 Å². The lowest BCUT2D eigenvalue weighted by molar-refractivity contribution is 0.478. The van der Waals surface area contributed by atoms with E-state index in [0.29, 0.717) is 12.0 Å². The van der Waals surface area contributed by atoms with E-state index in [2.05, 4.69) is 38.4 Å². The Balaban J connectivity index is 2.65. The van der Waals surface area contributed by atoms with E-state index in [1.165, 1.54) is 36.4 Å². The molecule has 1 atom stereocenters. The number of unbranched alkanes of at least 4 members (excludes halogenated alkanes) is 1. The number of hydrogen-bond acceptors (Lipinski definition) is 3. The Morgan fingerprint density at radius 1 is 1.29 bits per heavy atom. The number of aromatic nitrogens is 1. The third-order valence-corrected chi connectivity index (χ3v) is 3.89. The van der Waals surface area contributed by atoms with Crippen LogP contribution in [-0.2, 0) is 0 Å². The second-order valence-corrected chi connectivity index (χ2v) is 5.80. The molecule has 1 N–H and O–H groups in total. The highest BCUT2D eigenvalue weighted by Crippen LogP contribution is 2.26. The van der Waals surface area contributed by atoms with Crippen LogP contribution in [0.2, 0.25) is 0 Å². The van der Waals surface area contributed by atoms with Gasteiger partial charge in [-0.2, -0.15) is 0 Å². The monoisotopic (exact) mass is 254 g/mol. The van der Waals surface area contributed by atoms with Gasteiger partial charge in [0.25, 0.3) is 0 Å². The van der Waals surface area contributed by atoms with Gasteiger partial charge in [-0.05, 0) is 25.3 Å². The van der Waals surface area contributed by atoms with Crippen molar-refractivity contribution in [3.63, 3.8) is 0 Å². The van der Waals surface area contributed by atoms with Crippen molar-refractivity contribution in [1.82, 2.24) is 10.3 Å². The first-order valence-electron chi connectivity index (χ1n) is 6.87. The maximum atomic E-state index is 4.77. The van der Waals surface area contributed by atoms with Gasteiger partial charge in [0.1, 0.15) is 5.01 Å². The molecule has 0 saturated carbocycles. The highest BCUT2D eigenvalue weighted by Gasteiger charge is 2.15. The van der Waals surface area contributed by atoms with Crippen LogP contribution in [0.5, 0.6) is 0 Å². The molecule has 0 aliphatic carbocycles. The van der Waals surface area contributed by atoms with Gasteiger partial charge in [-0.3, -0.25) is 0 Å². The molecule has 0 bridgehead atoms. The van der Waals surface area contributed by atoms with Gasteiger partial charge < -0.3 is 5.32 Å². The van der Waals surface area contributed by atoms with Gasteiger partial charge >= 0.3 is 0 Å². The van der Waals surface area contributed by atoms with Gasteiger partial charge in [-0.1, -0.05) is 40.5 Å². The molecule has 3 heteroatoms. The first kappa shape index (κ1) is 14.7. The highest BCUT2D eigenvalue weighted by atomic mass is 32.1. The van der Waals surface area contributed by atoms with Gasteiger partial charge in [0.15, 0.2) is 0 Å². The summed E-state index contributed by atoms with van der Waals surface area (Å²) in [5, 5.41) is 7.11. The average Bonchev–Trinajstić information content (AvgIpc) is 2.79. The Bertz CT molecular complexity index is 299. The maximum absolute atomic E-state index is 4.77. The molecule has 1 unspecified atom stereocenters. The molecule has 0 saturated heterocycles. The van der Waals surface area contributed by atoms with Crippen molar-refractivity contribution in [3.8, 4) is 0 Å². The SMILES string of the molecule is CCCCC(NCCC)c1nc(C(C)C)cs1. The molecule has 0 amide bonds. The lowest BCUT2D eigenvalue weighted by Crippen LogP contribution is -2.22. The quantitative estimate of drug-likeness (QED) is 0.739. The summed E-state index contributed by atoms with van der Waals surface area (Å²) in [6, 6.07) is 0.465. The molecular formula is C14H26N2S.